The Morgan fingerprint density at radius 2 is 1.51 bits per heavy atom. The number of carboxylic acids is 1. The average Bonchev–Trinajstić information content (AvgIpc) is 2.92. The van der Waals surface area contributed by atoms with E-state index in [1.54, 1.807) is 12.1 Å². The smallest absolute Gasteiger partial charge is 0.335 e. The van der Waals surface area contributed by atoms with E-state index in [-0.39, 0.29) is 5.41 Å². The zero-order valence-electron chi connectivity index (χ0n) is 21.1. The molecule has 0 aliphatic heterocycles. The Bertz CT molecular complexity index is 1480. The van der Waals surface area contributed by atoms with E-state index in [0.717, 1.165) is 23.3 Å². The van der Waals surface area contributed by atoms with Crippen LogP contribution in [0.2, 0.25) is 0 Å². The summed E-state index contributed by atoms with van der Waals surface area (Å²) in [6.45, 7) is 4.63. The van der Waals surface area contributed by atoms with E-state index in [0.29, 0.717) is 5.56 Å². The molecule has 0 bridgehead atoms. The Morgan fingerprint density at radius 3 is 2.27 bits per heavy atom. The number of hydrogen-bond acceptors (Lipinski definition) is 2. The molecule has 5 rings (SSSR count). The van der Waals surface area contributed by atoms with Crippen molar-refractivity contribution in [3.63, 3.8) is 0 Å². The number of fused-ring (bicyclic) bond motifs is 1. The molecule has 0 saturated heterocycles. The summed E-state index contributed by atoms with van der Waals surface area (Å²) in [6, 6.07) is 33.1. The number of thioether (sulfide) groups is 1. The first-order chi connectivity index (χ1) is 17.9. The van der Waals surface area contributed by atoms with E-state index in [1.807, 2.05) is 30.0 Å². The lowest BCUT2D eigenvalue weighted by Crippen LogP contribution is -2.22. The number of rotatable bonds is 7. The third-order valence-corrected chi connectivity index (χ3v) is 8.06. The summed E-state index contributed by atoms with van der Waals surface area (Å²) < 4.78 is 0. The SMILES string of the molecule is CC1(C)CC=C(c2ccccc2SCc2ccccc2)c2cc(/C=C/c3ccc(C(=O)O)cc3)ccc21. The zero-order chi connectivity index (χ0) is 25.8. The van der Waals surface area contributed by atoms with Crippen LogP contribution in [-0.2, 0) is 11.2 Å². The van der Waals surface area contributed by atoms with E-state index in [2.05, 4.69) is 98.8 Å². The third kappa shape index (κ3) is 5.63. The van der Waals surface area contributed by atoms with Crippen LogP contribution in [0.4, 0.5) is 0 Å². The van der Waals surface area contributed by atoms with Crippen LogP contribution < -0.4 is 0 Å². The Kier molecular flexibility index (Phi) is 7.16. The number of carboxylic acid groups (broad SMARTS) is 1. The molecular weight excluding hydrogens is 472 g/mol. The molecule has 4 aromatic rings. The van der Waals surface area contributed by atoms with E-state index in [9.17, 15) is 4.79 Å². The zero-order valence-corrected chi connectivity index (χ0v) is 22.0. The van der Waals surface area contributed by atoms with E-state index < -0.39 is 5.97 Å². The summed E-state index contributed by atoms with van der Waals surface area (Å²) >= 11 is 1.89. The molecule has 2 nitrogen and oxygen atoms in total. The summed E-state index contributed by atoms with van der Waals surface area (Å²) in [5, 5.41) is 9.14. The van der Waals surface area contributed by atoms with Gasteiger partial charge in [0.15, 0.2) is 0 Å². The van der Waals surface area contributed by atoms with Gasteiger partial charge in [0.05, 0.1) is 5.56 Å². The maximum absolute atomic E-state index is 11.1. The quantitative estimate of drug-likeness (QED) is 0.202. The van der Waals surface area contributed by atoms with Crippen LogP contribution in [0.5, 0.6) is 0 Å². The Hall–Kier alpha value is -3.82. The summed E-state index contributed by atoms with van der Waals surface area (Å²) in [5.41, 5.74) is 9.03. The Morgan fingerprint density at radius 1 is 0.838 bits per heavy atom. The summed E-state index contributed by atoms with van der Waals surface area (Å²) in [4.78, 5) is 12.4. The molecule has 0 amide bonds. The first-order valence-corrected chi connectivity index (χ1v) is 13.5. The van der Waals surface area contributed by atoms with Gasteiger partial charge in [0.2, 0.25) is 0 Å². The fraction of sp³-hybridized carbons (Fsp3) is 0.147. The first kappa shape index (κ1) is 24.9. The molecule has 4 aromatic carbocycles. The van der Waals surface area contributed by atoms with Crippen molar-refractivity contribution in [2.24, 2.45) is 0 Å². The van der Waals surface area contributed by atoms with Crippen LogP contribution in [0.1, 0.15) is 64.0 Å². The highest BCUT2D eigenvalue weighted by Crippen LogP contribution is 2.44. The molecule has 0 radical (unpaired) electrons. The van der Waals surface area contributed by atoms with Crippen molar-refractivity contribution in [2.45, 2.75) is 36.3 Å². The standard InChI is InChI=1S/C34H30O2S/c1-34(2)21-20-28(29-10-6-7-11-32(29)37-23-26-8-4-3-5-9-26)30-22-25(16-19-31(30)34)13-12-24-14-17-27(18-15-24)33(35)36/h3-20,22H,21,23H2,1-2H3,(H,35,36)/b13-12+. The van der Waals surface area contributed by atoms with Gasteiger partial charge in [-0.3, -0.25) is 0 Å². The molecule has 184 valence electrons. The molecule has 37 heavy (non-hydrogen) atoms. The van der Waals surface area contributed by atoms with Gasteiger partial charge in [0.25, 0.3) is 0 Å². The van der Waals surface area contributed by atoms with Crippen LogP contribution in [0.25, 0.3) is 17.7 Å². The minimum absolute atomic E-state index is 0.0693. The highest BCUT2D eigenvalue weighted by atomic mass is 32.2. The van der Waals surface area contributed by atoms with Crippen molar-refractivity contribution in [2.75, 3.05) is 0 Å². The van der Waals surface area contributed by atoms with E-state index >= 15 is 0 Å². The molecule has 0 atom stereocenters. The van der Waals surface area contributed by atoms with Gasteiger partial charge >= 0.3 is 5.97 Å². The maximum atomic E-state index is 11.1. The molecular formula is C34H30O2S. The second kappa shape index (κ2) is 10.7. The third-order valence-electron chi connectivity index (χ3n) is 6.92. The number of hydrogen-bond donors (Lipinski definition) is 1. The van der Waals surface area contributed by atoms with Gasteiger partial charge in [-0.1, -0.05) is 105 Å². The van der Waals surface area contributed by atoms with Gasteiger partial charge in [-0.2, -0.15) is 0 Å². The summed E-state index contributed by atoms with van der Waals surface area (Å²) in [5.74, 6) is 0.0294. The number of benzene rings is 4. The van der Waals surface area contributed by atoms with Crippen LogP contribution in [0, 0.1) is 0 Å². The van der Waals surface area contributed by atoms with Crippen LogP contribution >= 0.6 is 11.8 Å². The molecule has 0 saturated carbocycles. The molecule has 0 spiro atoms. The first-order valence-electron chi connectivity index (χ1n) is 12.5. The predicted molar refractivity (Wildman–Crippen MR) is 156 cm³/mol. The number of allylic oxidation sites excluding steroid dienone is 1. The normalized spacial score (nSPS) is 14.3. The largest absolute Gasteiger partial charge is 0.478 e. The van der Waals surface area contributed by atoms with Gasteiger partial charge in [0.1, 0.15) is 0 Å². The fourth-order valence-electron chi connectivity index (χ4n) is 4.79. The van der Waals surface area contributed by atoms with Crippen molar-refractivity contribution < 1.29 is 9.90 Å². The summed E-state index contributed by atoms with van der Waals surface area (Å²) in [7, 11) is 0. The van der Waals surface area contributed by atoms with Gasteiger partial charge in [-0.05, 0) is 75.1 Å². The fourth-order valence-corrected chi connectivity index (χ4v) is 5.81. The highest BCUT2D eigenvalue weighted by molar-refractivity contribution is 7.98. The van der Waals surface area contributed by atoms with Crippen molar-refractivity contribution in [1.29, 1.82) is 0 Å². The van der Waals surface area contributed by atoms with Gasteiger partial charge < -0.3 is 5.11 Å². The molecule has 1 aliphatic carbocycles. The highest BCUT2D eigenvalue weighted by Gasteiger charge is 2.29. The summed E-state index contributed by atoms with van der Waals surface area (Å²) in [6.07, 6.45) is 7.54. The lowest BCUT2D eigenvalue weighted by molar-refractivity contribution is 0.0697. The molecule has 3 heteroatoms. The van der Waals surface area contributed by atoms with Crippen molar-refractivity contribution in [3.05, 3.63) is 142 Å². The predicted octanol–water partition coefficient (Wildman–Crippen LogP) is 8.96. The van der Waals surface area contributed by atoms with Crippen molar-refractivity contribution >= 4 is 35.5 Å². The van der Waals surface area contributed by atoms with Gasteiger partial charge in [-0.15, -0.1) is 11.8 Å². The van der Waals surface area contributed by atoms with Crippen molar-refractivity contribution in [1.82, 2.24) is 0 Å². The molecule has 1 aliphatic rings. The second-order valence-corrected chi connectivity index (χ2v) is 11.1. The maximum Gasteiger partial charge on any atom is 0.335 e. The molecule has 1 N–H and O–H groups in total. The minimum atomic E-state index is -0.908. The second-order valence-electron chi connectivity index (χ2n) is 10.0. The van der Waals surface area contributed by atoms with Crippen LogP contribution in [0.3, 0.4) is 0 Å². The lowest BCUT2D eigenvalue weighted by Gasteiger charge is -2.33. The molecule has 0 unspecified atom stereocenters. The van der Waals surface area contributed by atoms with E-state index in [4.69, 9.17) is 5.11 Å². The van der Waals surface area contributed by atoms with Gasteiger partial charge in [-0.25, -0.2) is 4.79 Å². The molecule has 0 aromatic heterocycles. The molecule has 0 fully saturated rings. The minimum Gasteiger partial charge on any atom is -0.478 e. The Balaban J connectivity index is 1.47. The average molecular weight is 503 g/mol. The van der Waals surface area contributed by atoms with E-state index in [1.165, 1.54) is 32.7 Å². The van der Waals surface area contributed by atoms with Crippen LogP contribution in [0.15, 0.2) is 108 Å². The monoisotopic (exact) mass is 502 g/mol. The number of aromatic carboxylic acids is 1. The number of carbonyl (C=O) groups is 1. The van der Waals surface area contributed by atoms with Crippen molar-refractivity contribution in [3.8, 4) is 0 Å². The van der Waals surface area contributed by atoms with Gasteiger partial charge in [0, 0.05) is 10.6 Å². The topological polar surface area (TPSA) is 37.3 Å². The Labute approximate surface area is 223 Å². The molecule has 0 heterocycles. The van der Waals surface area contributed by atoms with Crippen LogP contribution in [-0.4, -0.2) is 11.1 Å². The lowest BCUT2D eigenvalue weighted by atomic mass is 9.72.